The largest absolute Gasteiger partial charge is 0.468 e. The molecular formula is C17H21NO. The van der Waals surface area contributed by atoms with Gasteiger partial charge in [0.2, 0.25) is 0 Å². The van der Waals surface area contributed by atoms with Gasteiger partial charge in [-0.05, 0) is 38.0 Å². The third-order valence-corrected chi connectivity index (χ3v) is 3.14. The molecule has 19 heavy (non-hydrogen) atoms. The highest BCUT2D eigenvalue weighted by Gasteiger charge is 2.11. The summed E-state index contributed by atoms with van der Waals surface area (Å²) >= 11 is 0. The fourth-order valence-electron chi connectivity index (χ4n) is 2.09. The molecule has 0 spiro atoms. The van der Waals surface area contributed by atoms with Crippen LogP contribution in [0.4, 0.5) is 0 Å². The first-order valence-electron chi connectivity index (χ1n) is 6.62. The number of rotatable bonds is 6. The Morgan fingerprint density at radius 3 is 2.58 bits per heavy atom. The van der Waals surface area contributed by atoms with Crippen molar-refractivity contribution in [3.8, 4) is 0 Å². The Morgan fingerprint density at radius 1 is 1.26 bits per heavy atom. The van der Waals surface area contributed by atoms with Gasteiger partial charge in [0.15, 0.2) is 0 Å². The standard InChI is InChI=1S/C17H21NO/c1-13(2)11-17(15-8-6-14(3)7-9-15)18-12-16-5-4-10-19-16/h4-10,17-18H,1,11-12H2,2-3H3. The van der Waals surface area contributed by atoms with Crippen LogP contribution < -0.4 is 5.32 Å². The first-order valence-corrected chi connectivity index (χ1v) is 6.62. The number of nitrogens with one attached hydrogen (secondary N) is 1. The first kappa shape index (κ1) is 13.6. The zero-order valence-electron chi connectivity index (χ0n) is 11.6. The van der Waals surface area contributed by atoms with Gasteiger partial charge in [0, 0.05) is 6.04 Å². The van der Waals surface area contributed by atoms with Gasteiger partial charge in [0.25, 0.3) is 0 Å². The summed E-state index contributed by atoms with van der Waals surface area (Å²) in [6, 6.07) is 12.8. The second kappa shape index (κ2) is 6.39. The zero-order valence-corrected chi connectivity index (χ0v) is 11.6. The molecule has 0 fully saturated rings. The number of aryl methyl sites for hydroxylation is 1. The van der Waals surface area contributed by atoms with Crippen LogP contribution in [0.15, 0.2) is 59.2 Å². The molecule has 1 unspecified atom stereocenters. The molecule has 0 saturated heterocycles. The molecule has 2 rings (SSSR count). The molecule has 0 radical (unpaired) electrons. The monoisotopic (exact) mass is 255 g/mol. The van der Waals surface area contributed by atoms with Crippen LogP contribution in [0.5, 0.6) is 0 Å². The van der Waals surface area contributed by atoms with E-state index in [1.807, 2.05) is 12.1 Å². The highest BCUT2D eigenvalue weighted by Crippen LogP contribution is 2.21. The van der Waals surface area contributed by atoms with E-state index in [0.29, 0.717) is 0 Å². The van der Waals surface area contributed by atoms with Gasteiger partial charge in [-0.1, -0.05) is 35.4 Å². The van der Waals surface area contributed by atoms with E-state index >= 15 is 0 Å². The Hall–Kier alpha value is -1.80. The predicted molar refractivity (Wildman–Crippen MR) is 78.9 cm³/mol. The van der Waals surface area contributed by atoms with E-state index in [9.17, 15) is 0 Å². The number of benzene rings is 1. The van der Waals surface area contributed by atoms with Crippen molar-refractivity contribution in [2.24, 2.45) is 0 Å². The van der Waals surface area contributed by atoms with E-state index in [4.69, 9.17) is 4.42 Å². The lowest BCUT2D eigenvalue weighted by molar-refractivity contribution is 0.447. The van der Waals surface area contributed by atoms with Crippen molar-refractivity contribution in [3.05, 3.63) is 71.7 Å². The van der Waals surface area contributed by atoms with Gasteiger partial charge in [-0.2, -0.15) is 0 Å². The summed E-state index contributed by atoms with van der Waals surface area (Å²) in [5, 5.41) is 3.53. The molecule has 1 aromatic carbocycles. The summed E-state index contributed by atoms with van der Waals surface area (Å²) in [5.74, 6) is 0.957. The van der Waals surface area contributed by atoms with E-state index in [-0.39, 0.29) is 6.04 Å². The van der Waals surface area contributed by atoms with Gasteiger partial charge in [-0.25, -0.2) is 0 Å². The first-order chi connectivity index (χ1) is 9.15. The maximum absolute atomic E-state index is 5.36. The smallest absolute Gasteiger partial charge is 0.117 e. The zero-order chi connectivity index (χ0) is 13.7. The van der Waals surface area contributed by atoms with E-state index < -0.39 is 0 Å². The fourth-order valence-corrected chi connectivity index (χ4v) is 2.09. The highest BCUT2D eigenvalue weighted by atomic mass is 16.3. The molecule has 0 aliphatic heterocycles. The van der Waals surface area contributed by atoms with Crippen LogP contribution in [0.25, 0.3) is 0 Å². The maximum Gasteiger partial charge on any atom is 0.117 e. The minimum Gasteiger partial charge on any atom is -0.468 e. The van der Waals surface area contributed by atoms with Crippen molar-refractivity contribution in [1.82, 2.24) is 5.32 Å². The molecule has 1 N–H and O–H groups in total. The van der Waals surface area contributed by atoms with E-state index in [1.165, 1.54) is 16.7 Å². The van der Waals surface area contributed by atoms with Crippen molar-refractivity contribution in [1.29, 1.82) is 0 Å². The average molecular weight is 255 g/mol. The molecule has 0 amide bonds. The molecule has 2 aromatic rings. The average Bonchev–Trinajstić information content (AvgIpc) is 2.88. The summed E-state index contributed by atoms with van der Waals surface area (Å²) in [5.41, 5.74) is 3.75. The molecule has 0 saturated carbocycles. The molecule has 100 valence electrons. The van der Waals surface area contributed by atoms with Gasteiger partial charge in [-0.3, -0.25) is 0 Å². The molecule has 0 aliphatic carbocycles. The second-order valence-corrected chi connectivity index (χ2v) is 5.08. The molecule has 2 nitrogen and oxygen atoms in total. The maximum atomic E-state index is 5.36. The van der Waals surface area contributed by atoms with Crippen molar-refractivity contribution in [3.63, 3.8) is 0 Å². The minimum absolute atomic E-state index is 0.281. The lowest BCUT2D eigenvalue weighted by Gasteiger charge is -2.19. The normalized spacial score (nSPS) is 12.3. The number of furan rings is 1. The summed E-state index contributed by atoms with van der Waals surface area (Å²) in [4.78, 5) is 0. The molecule has 0 bridgehead atoms. The SMILES string of the molecule is C=C(C)CC(NCc1ccco1)c1ccc(C)cc1. The lowest BCUT2D eigenvalue weighted by Crippen LogP contribution is -2.21. The van der Waals surface area contributed by atoms with Crippen molar-refractivity contribution in [2.75, 3.05) is 0 Å². The third-order valence-electron chi connectivity index (χ3n) is 3.14. The molecule has 0 aliphatic rings. The van der Waals surface area contributed by atoms with Gasteiger partial charge >= 0.3 is 0 Å². The Bertz CT molecular complexity index is 511. The quantitative estimate of drug-likeness (QED) is 0.775. The number of hydrogen-bond donors (Lipinski definition) is 1. The van der Waals surface area contributed by atoms with Crippen LogP contribution in [-0.4, -0.2) is 0 Å². The van der Waals surface area contributed by atoms with Crippen LogP contribution in [0, 0.1) is 6.92 Å². The van der Waals surface area contributed by atoms with Gasteiger partial charge in [0.05, 0.1) is 12.8 Å². The van der Waals surface area contributed by atoms with Gasteiger partial charge < -0.3 is 9.73 Å². The van der Waals surface area contributed by atoms with E-state index in [1.54, 1.807) is 6.26 Å². The van der Waals surface area contributed by atoms with E-state index in [2.05, 4.69) is 50.0 Å². The summed E-state index contributed by atoms with van der Waals surface area (Å²) in [6.45, 7) is 8.92. The van der Waals surface area contributed by atoms with Gasteiger partial charge in [-0.15, -0.1) is 6.58 Å². The Morgan fingerprint density at radius 2 is 2.00 bits per heavy atom. The van der Waals surface area contributed by atoms with Crippen LogP contribution in [0.3, 0.4) is 0 Å². The summed E-state index contributed by atoms with van der Waals surface area (Å²) in [6.07, 6.45) is 2.64. The Kier molecular flexibility index (Phi) is 4.58. The van der Waals surface area contributed by atoms with Crippen molar-refractivity contribution < 1.29 is 4.42 Å². The van der Waals surface area contributed by atoms with Crippen LogP contribution in [0.2, 0.25) is 0 Å². The minimum atomic E-state index is 0.281. The predicted octanol–water partition coefficient (Wildman–Crippen LogP) is 4.39. The molecule has 1 atom stereocenters. The molecular weight excluding hydrogens is 234 g/mol. The Balaban J connectivity index is 2.06. The van der Waals surface area contributed by atoms with Crippen LogP contribution in [-0.2, 0) is 6.54 Å². The Labute approximate surface area is 115 Å². The fraction of sp³-hybridized carbons (Fsp3) is 0.294. The van der Waals surface area contributed by atoms with Gasteiger partial charge in [0.1, 0.15) is 5.76 Å². The number of hydrogen-bond acceptors (Lipinski definition) is 2. The van der Waals surface area contributed by atoms with Crippen LogP contribution >= 0.6 is 0 Å². The lowest BCUT2D eigenvalue weighted by atomic mass is 9.99. The topological polar surface area (TPSA) is 25.2 Å². The summed E-state index contributed by atoms with van der Waals surface area (Å²) < 4.78 is 5.36. The summed E-state index contributed by atoms with van der Waals surface area (Å²) in [7, 11) is 0. The van der Waals surface area contributed by atoms with Crippen molar-refractivity contribution >= 4 is 0 Å². The third kappa shape index (κ3) is 4.11. The van der Waals surface area contributed by atoms with Crippen LogP contribution in [0.1, 0.15) is 36.3 Å². The second-order valence-electron chi connectivity index (χ2n) is 5.08. The van der Waals surface area contributed by atoms with E-state index in [0.717, 1.165) is 18.7 Å². The highest BCUT2D eigenvalue weighted by molar-refractivity contribution is 5.25. The molecule has 1 aromatic heterocycles. The van der Waals surface area contributed by atoms with Crippen molar-refractivity contribution in [2.45, 2.75) is 32.9 Å². The molecule has 2 heteroatoms. The molecule has 1 heterocycles.